The smallest absolute Gasteiger partial charge is 0.250 e. The number of aliphatic hydroxyl groups is 1. The van der Waals surface area contributed by atoms with Crippen LogP contribution in [0.15, 0.2) is 21.7 Å². The Labute approximate surface area is 81.3 Å². The van der Waals surface area contributed by atoms with E-state index in [0.717, 1.165) is 11.3 Å². The van der Waals surface area contributed by atoms with Crippen LogP contribution < -0.4 is 4.72 Å². The third-order valence-electron chi connectivity index (χ3n) is 1.33. The maximum atomic E-state index is 11.4. The van der Waals surface area contributed by atoms with Crippen molar-refractivity contribution in [2.75, 3.05) is 6.54 Å². The fourth-order valence-corrected chi connectivity index (χ4v) is 2.88. The van der Waals surface area contributed by atoms with Gasteiger partial charge in [-0.3, -0.25) is 0 Å². The minimum Gasteiger partial charge on any atom is -0.392 e. The third kappa shape index (κ3) is 3.07. The summed E-state index contributed by atoms with van der Waals surface area (Å²) in [6.45, 7) is 1.57. The molecule has 1 unspecified atom stereocenters. The summed E-state index contributed by atoms with van der Waals surface area (Å²) in [4.78, 5) is 0. The van der Waals surface area contributed by atoms with Crippen molar-refractivity contribution in [2.24, 2.45) is 0 Å². The SMILES string of the molecule is CC(O)CNS(=O)(=O)c1cccs1. The molecule has 2 N–H and O–H groups in total. The van der Waals surface area contributed by atoms with Gasteiger partial charge in [-0.05, 0) is 18.4 Å². The van der Waals surface area contributed by atoms with Gasteiger partial charge in [0, 0.05) is 6.54 Å². The van der Waals surface area contributed by atoms with Gasteiger partial charge in [0.2, 0.25) is 10.0 Å². The summed E-state index contributed by atoms with van der Waals surface area (Å²) >= 11 is 1.15. The average Bonchev–Trinajstić information content (AvgIpc) is 2.53. The summed E-state index contributed by atoms with van der Waals surface area (Å²) in [6, 6.07) is 3.19. The molecule has 0 aliphatic carbocycles. The normalized spacial score (nSPS) is 14.3. The lowest BCUT2D eigenvalue weighted by Crippen LogP contribution is -2.30. The number of aliphatic hydroxyl groups excluding tert-OH is 1. The van der Waals surface area contributed by atoms with E-state index < -0.39 is 16.1 Å². The average molecular weight is 221 g/mol. The number of rotatable bonds is 4. The van der Waals surface area contributed by atoms with Crippen LogP contribution in [0.3, 0.4) is 0 Å². The number of sulfonamides is 1. The fourth-order valence-electron chi connectivity index (χ4n) is 0.718. The van der Waals surface area contributed by atoms with E-state index in [4.69, 9.17) is 5.11 Å². The molecule has 1 rings (SSSR count). The van der Waals surface area contributed by atoms with Crippen molar-refractivity contribution >= 4 is 21.4 Å². The highest BCUT2D eigenvalue weighted by Crippen LogP contribution is 2.14. The topological polar surface area (TPSA) is 66.4 Å². The van der Waals surface area contributed by atoms with E-state index in [2.05, 4.69) is 4.72 Å². The van der Waals surface area contributed by atoms with Crippen molar-refractivity contribution < 1.29 is 13.5 Å². The van der Waals surface area contributed by atoms with E-state index in [1.807, 2.05) is 0 Å². The molecule has 1 heterocycles. The predicted molar refractivity (Wildman–Crippen MR) is 51.2 cm³/mol. The zero-order valence-electron chi connectivity index (χ0n) is 7.10. The lowest BCUT2D eigenvalue weighted by Gasteiger charge is -2.05. The molecule has 6 heteroatoms. The minimum absolute atomic E-state index is 0.0419. The van der Waals surface area contributed by atoms with Crippen LogP contribution in [-0.2, 0) is 10.0 Å². The summed E-state index contributed by atoms with van der Waals surface area (Å²) in [5.41, 5.74) is 0. The first-order valence-corrected chi connectivity index (χ1v) is 6.10. The van der Waals surface area contributed by atoms with Crippen LogP contribution in [0.1, 0.15) is 6.92 Å². The first-order valence-electron chi connectivity index (χ1n) is 3.73. The molecular weight excluding hydrogens is 210 g/mol. The Balaban J connectivity index is 2.68. The fraction of sp³-hybridized carbons (Fsp3) is 0.429. The largest absolute Gasteiger partial charge is 0.392 e. The van der Waals surface area contributed by atoms with Gasteiger partial charge in [-0.15, -0.1) is 11.3 Å². The third-order valence-corrected chi connectivity index (χ3v) is 4.15. The zero-order valence-corrected chi connectivity index (χ0v) is 8.73. The van der Waals surface area contributed by atoms with Gasteiger partial charge in [0.1, 0.15) is 4.21 Å². The molecule has 13 heavy (non-hydrogen) atoms. The molecule has 0 aromatic carbocycles. The van der Waals surface area contributed by atoms with Gasteiger partial charge in [-0.2, -0.15) is 0 Å². The zero-order chi connectivity index (χ0) is 9.90. The van der Waals surface area contributed by atoms with Crippen LogP contribution in [0.2, 0.25) is 0 Å². The van der Waals surface area contributed by atoms with Crippen LogP contribution in [0.25, 0.3) is 0 Å². The molecule has 4 nitrogen and oxygen atoms in total. The Hall–Kier alpha value is -0.430. The molecule has 0 spiro atoms. The van der Waals surface area contributed by atoms with Crippen LogP contribution in [0, 0.1) is 0 Å². The summed E-state index contributed by atoms with van der Waals surface area (Å²) < 4.78 is 25.3. The molecule has 1 atom stereocenters. The van der Waals surface area contributed by atoms with E-state index in [0.29, 0.717) is 0 Å². The van der Waals surface area contributed by atoms with Gasteiger partial charge < -0.3 is 5.11 Å². The molecule has 1 aromatic heterocycles. The second-order valence-corrected chi connectivity index (χ2v) is 5.57. The quantitative estimate of drug-likeness (QED) is 0.773. The van der Waals surface area contributed by atoms with Crippen molar-refractivity contribution in [2.45, 2.75) is 17.2 Å². The summed E-state index contributed by atoms with van der Waals surface area (Å²) in [5.74, 6) is 0. The van der Waals surface area contributed by atoms with Gasteiger partial charge in [0.05, 0.1) is 6.10 Å². The first kappa shape index (κ1) is 10.6. The molecule has 0 amide bonds. The highest BCUT2D eigenvalue weighted by atomic mass is 32.2. The summed E-state index contributed by atoms with van der Waals surface area (Å²) in [5, 5.41) is 10.6. The molecule has 0 saturated carbocycles. The van der Waals surface area contributed by atoms with E-state index in [1.165, 1.54) is 13.0 Å². The number of nitrogens with one attached hydrogen (secondary N) is 1. The standard InChI is InChI=1S/C7H11NO3S2/c1-6(9)5-8-13(10,11)7-3-2-4-12-7/h2-4,6,8-9H,5H2,1H3. The maximum Gasteiger partial charge on any atom is 0.250 e. The minimum atomic E-state index is -3.40. The molecule has 0 aliphatic rings. The Bertz CT molecular complexity index is 342. The van der Waals surface area contributed by atoms with Crippen molar-refractivity contribution in [1.29, 1.82) is 0 Å². The van der Waals surface area contributed by atoms with Gasteiger partial charge in [0.25, 0.3) is 0 Å². The number of thiophene rings is 1. The van der Waals surface area contributed by atoms with Crippen molar-refractivity contribution in [3.8, 4) is 0 Å². The summed E-state index contributed by atoms with van der Waals surface area (Å²) in [6.07, 6.45) is -0.672. The van der Waals surface area contributed by atoms with E-state index >= 15 is 0 Å². The molecule has 0 radical (unpaired) electrons. The van der Waals surface area contributed by atoms with Crippen molar-refractivity contribution in [3.63, 3.8) is 0 Å². The van der Waals surface area contributed by atoms with Gasteiger partial charge >= 0.3 is 0 Å². The Morgan fingerprint density at radius 3 is 2.85 bits per heavy atom. The lowest BCUT2D eigenvalue weighted by atomic mass is 10.4. The van der Waals surface area contributed by atoms with Crippen molar-refractivity contribution in [3.05, 3.63) is 17.5 Å². The number of hydrogen-bond acceptors (Lipinski definition) is 4. The van der Waals surface area contributed by atoms with E-state index in [-0.39, 0.29) is 10.8 Å². The maximum absolute atomic E-state index is 11.4. The Morgan fingerprint density at radius 1 is 1.69 bits per heavy atom. The van der Waals surface area contributed by atoms with E-state index in [1.54, 1.807) is 11.4 Å². The van der Waals surface area contributed by atoms with Crippen molar-refractivity contribution in [1.82, 2.24) is 4.72 Å². The van der Waals surface area contributed by atoms with Gasteiger partial charge in [-0.25, -0.2) is 13.1 Å². The predicted octanol–water partition coefficient (Wildman–Crippen LogP) is 0.407. The van der Waals surface area contributed by atoms with Gasteiger partial charge in [0.15, 0.2) is 0 Å². The summed E-state index contributed by atoms with van der Waals surface area (Å²) in [7, 11) is -3.40. The molecule has 0 saturated heterocycles. The molecular formula is C7H11NO3S2. The second-order valence-electron chi connectivity index (χ2n) is 2.63. The Morgan fingerprint density at radius 2 is 2.38 bits per heavy atom. The lowest BCUT2D eigenvalue weighted by molar-refractivity contribution is 0.198. The first-order chi connectivity index (χ1) is 6.02. The number of hydrogen-bond donors (Lipinski definition) is 2. The van der Waals surface area contributed by atoms with Gasteiger partial charge in [-0.1, -0.05) is 6.07 Å². The van der Waals surface area contributed by atoms with Crippen LogP contribution in [-0.4, -0.2) is 26.2 Å². The highest BCUT2D eigenvalue weighted by molar-refractivity contribution is 7.91. The van der Waals surface area contributed by atoms with Crippen LogP contribution in [0.4, 0.5) is 0 Å². The molecule has 0 bridgehead atoms. The van der Waals surface area contributed by atoms with E-state index in [9.17, 15) is 8.42 Å². The highest BCUT2D eigenvalue weighted by Gasteiger charge is 2.14. The Kier molecular flexibility index (Phi) is 3.43. The van der Waals surface area contributed by atoms with Crippen LogP contribution in [0.5, 0.6) is 0 Å². The molecule has 0 fully saturated rings. The molecule has 1 aromatic rings. The monoisotopic (exact) mass is 221 g/mol. The molecule has 74 valence electrons. The molecule has 0 aliphatic heterocycles. The second kappa shape index (κ2) is 4.19. The van der Waals surface area contributed by atoms with Crippen LogP contribution >= 0.6 is 11.3 Å².